The van der Waals surface area contributed by atoms with Crippen molar-refractivity contribution in [1.29, 1.82) is 0 Å². The van der Waals surface area contributed by atoms with E-state index < -0.39 is 60.3 Å². The van der Waals surface area contributed by atoms with Crippen LogP contribution in [0, 0.1) is 0 Å². The van der Waals surface area contributed by atoms with Crippen LogP contribution in [0.5, 0.6) is 0 Å². The smallest absolute Gasteiger partial charge is 0.352 e. The lowest BCUT2D eigenvalue weighted by molar-refractivity contribution is -0.192. The van der Waals surface area contributed by atoms with Crippen molar-refractivity contribution < 1.29 is 37.2 Å². The molecule has 2 aromatic heterocycles. The molecule has 2 aliphatic heterocycles. The van der Waals surface area contributed by atoms with E-state index in [-0.39, 0.29) is 17.2 Å². The zero-order valence-corrected chi connectivity index (χ0v) is 22.3. The number of methoxy groups -OCH3 is 1. The van der Waals surface area contributed by atoms with Gasteiger partial charge in [-0.1, -0.05) is 23.4 Å². The van der Waals surface area contributed by atoms with Crippen molar-refractivity contribution >= 4 is 62.7 Å². The molecule has 2 aliphatic rings. The Morgan fingerprint density at radius 1 is 1.46 bits per heavy atom. The molecule has 0 aliphatic carbocycles. The molecule has 1 fully saturated rings. The predicted octanol–water partition coefficient (Wildman–Crippen LogP) is -1.26. The number of hydrogen-bond donors (Lipinski definition) is 3. The molecule has 0 bridgehead atoms. The fourth-order valence-electron chi connectivity index (χ4n) is 3.78. The molecular weight excluding hydrogens is 578 g/mol. The summed E-state index contributed by atoms with van der Waals surface area (Å²) < 4.78 is 36.4. The monoisotopic (exact) mass is 595 g/mol. The number of aromatic nitrogens is 5. The number of ether oxygens (including phenoxy) is 1. The van der Waals surface area contributed by atoms with E-state index in [9.17, 15) is 32.7 Å². The van der Waals surface area contributed by atoms with Crippen molar-refractivity contribution in [3.63, 3.8) is 0 Å². The second-order valence-corrected chi connectivity index (χ2v) is 12.3. The number of hydrogen-bond acceptors (Lipinski definition) is 13. The molecule has 2 amide bonds. The largest absolute Gasteiger partial charge is 0.477 e. The number of aryl methyl sites for hydroxylation is 1. The Hall–Kier alpha value is -2.87. The highest BCUT2D eigenvalue weighted by Gasteiger charge is 2.67. The van der Waals surface area contributed by atoms with Crippen molar-refractivity contribution in [3.05, 3.63) is 32.4 Å². The number of fused-ring (bicyclic) bond motifs is 1. The first kappa shape index (κ1) is 27.2. The van der Waals surface area contributed by atoms with Crippen LogP contribution in [0.15, 0.2) is 25.7 Å². The van der Waals surface area contributed by atoms with Gasteiger partial charge in [0.15, 0.2) is 20.6 Å². The van der Waals surface area contributed by atoms with E-state index in [0.29, 0.717) is 17.0 Å². The van der Waals surface area contributed by atoms with Crippen LogP contribution >= 0.6 is 35.1 Å². The van der Waals surface area contributed by atoms with Gasteiger partial charge in [-0.25, -0.2) is 17.9 Å². The minimum atomic E-state index is -4.26. The van der Waals surface area contributed by atoms with E-state index in [4.69, 9.17) is 20.9 Å². The Balaban J connectivity index is 1.63. The zero-order valence-electron chi connectivity index (χ0n) is 19.1. The summed E-state index contributed by atoms with van der Waals surface area (Å²) in [4.78, 5) is 51.2. The number of sulfone groups is 1. The third kappa shape index (κ3) is 4.54. The summed E-state index contributed by atoms with van der Waals surface area (Å²) in [5, 5.41) is 21.7. The van der Waals surface area contributed by atoms with Crippen LogP contribution in [0.4, 0.5) is 0 Å². The number of β-lactam (4-membered cyclic amide) rings is 1. The quantitative estimate of drug-likeness (QED) is 0.175. The Labute approximate surface area is 221 Å². The summed E-state index contributed by atoms with van der Waals surface area (Å²) in [7, 11) is -1.55. The first-order chi connectivity index (χ1) is 17.3. The molecule has 16 nitrogen and oxygen atoms in total. The van der Waals surface area contributed by atoms with Crippen molar-refractivity contribution in [1.82, 2.24) is 35.6 Å². The molecule has 3 atom stereocenters. The number of rotatable bonds is 9. The summed E-state index contributed by atoms with van der Waals surface area (Å²) in [5.74, 6) is -3.94. The number of nitrogens with one attached hydrogen (secondary N) is 2. The van der Waals surface area contributed by atoms with Crippen LogP contribution in [-0.2, 0) is 36.0 Å². The Bertz CT molecular complexity index is 1480. The fourth-order valence-corrected chi connectivity index (χ4v) is 7.46. The summed E-state index contributed by atoms with van der Waals surface area (Å²) in [5.41, 5.74) is -2.94. The van der Waals surface area contributed by atoms with Gasteiger partial charge in [-0.15, -0.1) is 16.9 Å². The number of aromatic amines is 1. The van der Waals surface area contributed by atoms with E-state index in [1.165, 1.54) is 16.4 Å². The van der Waals surface area contributed by atoms with Gasteiger partial charge in [0, 0.05) is 31.9 Å². The predicted molar refractivity (Wildman–Crippen MR) is 127 cm³/mol. The normalized spacial score (nSPS) is 22.4. The average molecular weight is 596 g/mol. The average Bonchev–Trinajstić information content (AvgIpc) is 3.39. The highest BCUT2D eigenvalue weighted by Crippen LogP contribution is 2.47. The van der Waals surface area contributed by atoms with Gasteiger partial charge in [0.25, 0.3) is 17.2 Å². The first-order valence-corrected chi connectivity index (χ1v) is 14.4. The minimum Gasteiger partial charge on any atom is -0.477 e. The number of carbonyl (C=O) groups is 3. The van der Waals surface area contributed by atoms with E-state index in [1.54, 1.807) is 7.05 Å². The lowest BCUT2D eigenvalue weighted by Crippen LogP contribution is -2.81. The number of tetrazole rings is 1. The molecule has 0 spiro atoms. The van der Waals surface area contributed by atoms with Crippen LogP contribution in [0.2, 0.25) is 5.02 Å². The topological polar surface area (TPSA) is 220 Å². The van der Waals surface area contributed by atoms with Crippen LogP contribution in [-0.4, -0.2) is 97.5 Å². The van der Waals surface area contributed by atoms with Crippen molar-refractivity contribution in [2.45, 2.75) is 21.5 Å². The van der Waals surface area contributed by atoms with E-state index in [2.05, 4.69) is 20.8 Å². The van der Waals surface area contributed by atoms with Crippen LogP contribution in [0.3, 0.4) is 0 Å². The molecule has 4 heterocycles. The maximum absolute atomic E-state index is 13.3. The number of carbonyl (C=O) groups excluding carboxylic acids is 2. The number of amides is 2. The number of carboxylic acid groups (broad SMARTS) is 1. The molecule has 37 heavy (non-hydrogen) atoms. The van der Waals surface area contributed by atoms with E-state index in [1.807, 2.05) is 5.16 Å². The second kappa shape index (κ2) is 9.78. The molecule has 1 saturated heterocycles. The second-order valence-electron chi connectivity index (χ2n) is 7.82. The van der Waals surface area contributed by atoms with Gasteiger partial charge in [0.05, 0.1) is 0 Å². The minimum absolute atomic E-state index is 0.142. The molecule has 20 heteroatoms. The Morgan fingerprint density at radius 3 is 2.68 bits per heavy atom. The van der Waals surface area contributed by atoms with Crippen molar-refractivity contribution in [3.8, 4) is 0 Å². The van der Waals surface area contributed by atoms with Crippen LogP contribution in [0.25, 0.3) is 0 Å². The Morgan fingerprint density at radius 2 is 2.16 bits per heavy atom. The maximum Gasteiger partial charge on any atom is 0.352 e. The van der Waals surface area contributed by atoms with E-state index in [0.717, 1.165) is 23.8 Å². The molecular formula is C17H18ClN7O9S3. The molecule has 3 N–H and O–H groups in total. The first-order valence-electron chi connectivity index (χ1n) is 10.0. The lowest BCUT2D eigenvalue weighted by Gasteiger charge is -2.55. The van der Waals surface area contributed by atoms with Gasteiger partial charge < -0.3 is 19.7 Å². The van der Waals surface area contributed by atoms with Gasteiger partial charge >= 0.3 is 5.97 Å². The summed E-state index contributed by atoms with van der Waals surface area (Å²) >= 11 is 8.08. The molecule has 0 radical (unpaired) electrons. The number of carboxylic acids is 1. The zero-order chi connectivity index (χ0) is 27.3. The SMILES string of the molecule is CO[C@@]1(NC(=O)C(c2o[nH]c(=O)c2Cl)S(C)(=O)=O)C(=O)N2C(C(=O)O)=C(CSc3nnnn3C)CS[C@H]21. The third-order valence-electron chi connectivity index (χ3n) is 5.47. The molecule has 0 saturated carbocycles. The van der Waals surface area contributed by atoms with E-state index >= 15 is 0 Å². The highest BCUT2D eigenvalue weighted by molar-refractivity contribution is 8.01. The van der Waals surface area contributed by atoms with Crippen LogP contribution in [0.1, 0.15) is 11.0 Å². The number of nitrogens with zero attached hydrogens (tertiary/aromatic N) is 5. The number of halogens is 1. The third-order valence-corrected chi connectivity index (χ3v) is 9.59. The lowest BCUT2D eigenvalue weighted by atomic mass is 9.98. The van der Waals surface area contributed by atoms with Gasteiger partial charge in [-0.05, 0) is 16.0 Å². The summed E-state index contributed by atoms with van der Waals surface area (Å²) in [6, 6.07) is 0. The van der Waals surface area contributed by atoms with Gasteiger partial charge in [-0.2, -0.15) is 5.16 Å². The van der Waals surface area contributed by atoms with Crippen LogP contribution < -0.4 is 10.9 Å². The van der Waals surface area contributed by atoms with Gasteiger partial charge in [-0.3, -0.25) is 19.3 Å². The number of thioether (sulfide) groups is 2. The molecule has 0 aromatic carbocycles. The molecule has 1 unspecified atom stereocenters. The number of H-pyrrole nitrogens is 1. The number of aliphatic carboxylic acids is 1. The summed E-state index contributed by atoms with van der Waals surface area (Å²) in [6.07, 6.45) is 0.714. The molecule has 2 aromatic rings. The highest BCUT2D eigenvalue weighted by atomic mass is 35.5. The summed E-state index contributed by atoms with van der Waals surface area (Å²) in [6.45, 7) is 0. The van der Waals surface area contributed by atoms with Gasteiger partial charge in [0.1, 0.15) is 11.1 Å². The maximum atomic E-state index is 13.3. The standard InChI is InChI=1S/C17H18ClN7O9S3/c1-24-16(20-22-23-24)36-5-6-4-35-15-17(33-2,14(30)25(15)8(6)13(28)29)19-12(27)10(37(3,31)32)9-7(18)11(26)21-34-9/h10,15H,4-5H2,1-3H3,(H,19,27)(H,21,26)(H,28,29)/t10?,15-,17-/m0/s1. The fraction of sp³-hybridized carbons (Fsp3) is 0.471. The molecule has 200 valence electrons. The van der Waals surface area contributed by atoms with Gasteiger partial charge in [0.2, 0.25) is 16.3 Å². The molecule has 4 rings (SSSR count). The Kier molecular flexibility index (Phi) is 7.18. The van der Waals surface area contributed by atoms with Crippen molar-refractivity contribution in [2.24, 2.45) is 7.05 Å². The van der Waals surface area contributed by atoms with Crippen molar-refractivity contribution in [2.75, 3.05) is 24.9 Å².